The minimum absolute atomic E-state index is 0.0269. The van der Waals surface area contributed by atoms with E-state index in [1.54, 1.807) is 0 Å². The molecule has 0 radical (unpaired) electrons. The molecule has 2 heterocycles. The van der Waals surface area contributed by atoms with Crippen LogP contribution in [-0.2, 0) is 24.7 Å². The molecule has 2 aromatic rings. The van der Waals surface area contributed by atoms with Crippen molar-refractivity contribution in [1.29, 1.82) is 0 Å². The molecule has 1 amide bonds. The Morgan fingerprint density at radius 2 is 1.81 bits per heavy atom. The summed E-state index contributed by atoms with van der Waals surface area (Å²) in [5.74, 6) is -3.15. The van der Waals surface area contributed by atoms with Crippen LogP contribution in [0, 0.1) is 17.7 Å². The van der Waals surface area contributed by atoms with Crippen molar-refractivity contribution in [3.05, 3.63) is 58.9 Å². The van der Waals surface area contributed by atoms with Crippen LogP contribution in [0.25, 0.3) is 0 Å². The largest absolute Gasteiger partial charge is 0.356 e. The minimum atomic E-state index is -4.15. The summed E-state index contributed by atoms with van der Waals surface area (Å²) in [6, 6.07) is 7.60. The maximum Gasteiger partial charge on any atom is 0.244 e. The number of fused-ring (bicyclic) bond motifs is 2. The second kappa shape index (κ2) is 9.25. The lowest BCUT2D eigenvalue weighted by atomic mass is 9.85. The third-order valence-corrected chi connectivity index (χ3v) is 9.04. The van der Waals surface area contributed by atoms with Gasteiger partial charge < -0.3 is 10.2 Å². The number of sulfonamides is 1. The standard InChI is InChI=1S/C25H26FN3O6S2/c1-36(32,33)28-17-8-9-19-22(12-17)37(34,35)14-20(27-19)23-24(30)18-11-16(26)7-10-21(18)29(25(23)31)13-15-5-3-2-4-6-15/h7-12,14-15,23,27-28H,2-6,13H2,1H3. The van der Waals surface area contributed by atoms with Gasteiger partial charge in [0.25, 0.3) is 0 Å². The zero-order chi connectivity index (χ0) is 26.5. The molecule has 1 aliphatic carbocycles. The third-order valence-electron chi connectivity index (χ3n) is 6.92. The van der Waals surface area contributed by atoms with Gasteiger partial charge in [0.05, 0.1) is 27.9 Å². The van der Waals surface area contributed by atoms with Crippen LogP contribution in [0.2, 0.25) is 0 Å². The predicted molar refractivity (Wildman–Crippen MR) is 137 cm³/mol. The number of nitrogens with zero attached hydrogens (tertiary/aromatic N) is 1. The van der Waals surface area contributed by atoms with Gasteiger partial charge in [0.1, 0.15) is 11.7 Å². The maximum absolute atomic E-state index is 14.2. The summed E-state index contributed by atoms with van der Waals surface area (Å²) in [6.07, 6.45) is 6.03. The van der Waals surface area contributed by atoms with Gasteiger partial charge in [-0.15, -0.1) is 0 Å². The highest BCUT2D eigenvalue weighted by Crippen LogP contribution is 2.40. The SMILES string of the molecule is CS(=O)(=O)Nc1ccc2c(c1)S(=O)(=O)C=C(C1C(=O)c3cc(F)ccc3N(CC3CCCCC3)C1=O)N2. The van der Waals surface area contributed by atoms with E-state index >= 15 is 0 Å². The average molecular weight is 548 g/mol. The van der Waals surface area contributed by atoms with Gasteiger partial charge in [-0.3, -0.25) is 14.3 Å². The lowest BCUT2D eigenvalue weighted by molar-refractivity contribution is -0.120. The summed E-state index contributed by atoms with van der Waals surface area (Å²) in [5, 5.41) is 3.71. The molecule has 37 heavy (non-hydrogen) atoms. The summed E-state index contributed by atoms with van der Waals surface area (Å²) < 4.78 is 65.9. The molecule has 3 aliphatic rings. The van der Waals surface area contributed by atoms with Crippen molar-refractivity contribution in [3.8, 4) is 0 Å². The van der Waals surface area contributed by atoms with E-state index in [0.717, 1.165) is 55.9 Å². The van der Waals surface area contributed by atoms with Crippen molar-refractivity contribution in [2.75, 3.05) is 27.7 Å². The van der Waals surface area contributed by atoms with Crippen molar-refractivity contribution in [2.45, 2.75) is 37.0 Å². The molecule has 12 heteroatoms. The molecular formula is C25H26FN3O6S2. The van der Waals surface area contributed by atoms with Crippen LogP contribution >= 0.6 is 0 Å². The van der Waals surface area contributed by atoms with Crippen molar-refractivity contribution < 1.29 is 30.8 Å². The Morgan fingerprint density at radius 3 is 2.51 bits per heavy atom. The highest BCUT2D eigenvalue weighted by molar-refractivity contribution is 7.94. The average Bonchev–Trinajstić information content (AvgIpc) is 2.82. The Bertz CT molecular complexity index is 1550. The smallest absolute Gasteiger partial charge is 0.244 e. The summed E-state index contributed by atoms with van der Waals surface area (Å²) in [6.45, 7) is 0.360. The summed E-state index contributed by atoms with van der Waals surface area (Å²) in [7, 11) is -7.79. The lowest BCUT2D eigenvalue weighted by Crippen LogP contribution is -2.48. The fraction of sp³-hybridized carbons (Fsp3) is 0.360. The Kier molecular flexibility index (Phi) is 6.35. The first-order valence-corrected chi connectivity index (χ1v) is 15.4. The highest BCUT2D eigenvalue weighted by atomic mass is 32.2. The molecule has 5 rings (SSSR count). The first-order valence-electron chi connectivity index (χ1n) is 11.9. The monoisotopic (exact) mass is 547 g/mol. The number of rotatable bonds is 5. The normalized spacial score (nSPS) is 21.5. The Labute approximate surface area is 214 Å². The van der Waals surface area contributed by atoms with Gasteiger partial charge >= 0.3 is 0 Å². The first-order chi connectivity index (χ1) is 17.4. The van der Waals surface area contributed by atoms with Crippen LogP contribution in [0.4, 0.5) is 21.5 Å². The number of halogens is 1. The summed E-state index contributed by atoms with van der Waals surface area (Å²) in [5.41, 5.74) is 0.376. The summed E-state index contributed by atoms with van der Waals surface area (Å²) >= 11 is 0. The Hall–Kier alpha value is -3.25. The van der Waals surface area contributed by atoms with Crippen LogP contribution in [0.15, 0.2) is 52.4 Å². The minimum Gasteiger partial charge on any atom is -0.356 e. The van der Waals surface area contributed by atoms with Crippen LogP contribution in [0.3, 0.4) is 0 Å². The Morgan fingerprint density at radius 1 is 1.08 bits per heavy atom. The van der Waals surface area contributed by atoms with Gasteiger partial charge in [0.15, 0.2) is 5.78 Å². The number of anilines is 3. The molecule has 2 aliphatic heterocycles. The van der Waals surface area contributed by atoms with Crippen LogP contribution < -0.4 is 14.9 Å². The van der Waals surface area contributed by atoms with Crippen LogP contribution in [0.5, 0.6) is 0 Å². The summed E-state index contributed by atoms with van der Waals surface area (Å²) in [4.78, 5) is 28.5. The lowest BCUT2D eigenvalue weighted by Gasteiger charge is -2.37. The quantitative estimate of drug-likeness (QED) is 0.547. The number of carbonyl (C=O) groups is 2. The van der Waals surface area contributed by atoms with Gasteiger partial charge in [-0.05, 0) is 55.2 Å². The van der Waals surface area contributed by atoms with E-state index in [4.69, 9.17) is 0 Å². The zero-order valence-electron chi connectivity index (χ0n) is 20.0. The topological polar surface area (TPSA) is 130 Å². The molecule has 1 fully saturated rings. The van der Waals surface area contributed by atoms with Gasteiger partial charge in [-0.25, -0.2) is 21.2 Å². The Balaban J connectivity index is 1.54. The predicted octanol–water partition coefficient (Wildman–Crippen LogP) is 3.66. The highest BCUT2D eigenvalue weighted by Gasteiger charge is 2.44. The number of carbonyl (C=O) groups excluding carboxylic acids is 2. The molecule has 2 N–H and O–H groups in total. The van der Waals surface area contributed by atoms with Crippen LogP contribution in [0.1, 0.15) is 42.5 Å². The number of hydrogen-bond donors (Lipinski definition) is 2. The van der Waals surface area contributed by atoms with E-state index < -0.39 is 43.3 Å². The number of hydrogen-bond acceptors (Lipinski definition) is 7. The van der Waals surface area contributed by atoms with E-state index in [-0.39, 0.29) is 33.4 Å². The number of sulfone groups is 1. The van der Waals surface area contributed by atoms with Crippen molar-refractivity contribution in [2.24, 2.45) is 11.8 Å². The number of nitrogens with one attached hydrogen (secondary N) is 2. The number of benzene rings is 2. The second-order valence-corrected chi connectivity index (χ2v) is 13.3. The molecule has 196 valence electrons. The van der Waals surface area contributed by atoms with Gasteiger partial charge in [0, 0.05) is 23.5 Å². The molecule has 1 atom stereocenters. The van der Waals surface area contributed by atoms with Gasteiger partial charge in [-0.2, -0.15) is 0 Å². The number of ketones is 1. The molecule has 0 aromatic heterocycles. The molecule has 2 aromatic carbocycles. The number of Topliss-reactive ketones (excluding diaryl/α,β-unsaturated/α-hetero) is 1. The molecule has 0 bridgehead atoms. The van der Waals surface area contributed by atoms with E-state index in [0.29, 0.717) is 12.2 Å². The van der Waals surface area contributed by atoms with E-state index in [1.165, 1.54) is 29.2 Å². The fourth-order valence-corrected chi connectivity index (χ4v) is 7.20. The first kappa shape index (κ1) is 25.4. The van der Waals surface area contributed by atoms with Gasteiger partial charge in [-0.1, -0.05) is 19.3 Å². The zero-order valence-corrected chi connectivity index (χ0v) is 21.7. The van der Waals surface area contributed by atoms with Crippen molar-refractivity contribution >= 4 is 48.6 Å². The molecule has 1 saturated carbocycles. The fourth-order valence-electron chi connectivity index (χ4n) is 5.27. The molecule has 0 spiro atoms. The third kappa shape index (κ3) is 4.99. The van der Waals surface area contributed by atoms with Crippen molar-refractivity contribution in [3.63, 3.8) is 0 Å². The molecular weight excluding hydrogens is 521 g/mol. The van der Waals surface area contributed by atoms with E-state index in [2.05, 4.69) is 10.0 Å². The molecule has 1 unspecified atom stereocenters. The van der Waals surface area contributed by atoms with Crippen molar-refractivity contribution in [1.82, 2.24) is 0 Å². The molecule has 0 saturated heterocycles. The second-order valence-electron chi connectivity index (χ2n) is 9.74. The maximum atomic E-state index is 14.2. The van der Waals surface area contributed by atoms with E-state index in [1.807, 2.05) is 0 Å². The number of amides is 1. The van der Waals surface area contributed by atoms with Crippen LogP contribution in [-0.4, -0.2) is 41.3 Å². The van der Waals surface area contributed by atoms with Gasteiger partial charge in [0.2, 0.25) is 25.8 Å². The van der Waals surface area contributed by atoms with E-state index in [9.17, 15) is 30.8 Å². The molecule has 9 nitrogen and oxygen atoms in total.